The van der Waals surface area contributed by atoms with Crippen LogP contribution in [0.1, 0.15) is 19.0 Å². The van der Waals surface area contributed by atoms with E-state index in [0.29, 0.717) is 5.84 Å². The van der Waals surface area contributed by atoms with E-state index in [1.807, 2.05) is 19.2 Å². The van der Waals surface area contributed by atoms with Crippen LogP contribution in [0.3, 0.4) is 0 Å². The van der Waals surface area contributed by atoms with Gasteiger partial charge >= 0.3 is 0 Å². The molecule has 0 aliphatic carbocycles. The van der Waals surface area contributed by atoms with E-state index < -0.39 is 0 Å². The molecule has 0 radical (unpaired) electrons. The number of pyridine rings is 1. The van der Waals surface area contributed by atoms with Crippen molar-refractivity contribution in [3.63, 3.8) is 0 Å². The lowest BCUT2D eigenvalue weighted by Gasteiger charge is -2.39. The number of hydrogen-bond donors (Lipinski definition) is 2. The summed E-state index contributed by atoms with van der Waals surface area (Å²) in [5.41, 5.74) is 8.01. The maximum Gasteiger partial charge on any atom is 0.156 e. The van der Waals surface area contributed by atoms with Gasteiger partial charge in [-0.25, -0.2) is 0 Å². The standard InChI is InChI=1S/C14H23N5O/c1-3-13(14(15)17-20)19-8-6-18(7-9-19)12-4-5-16-11(2)10-12/h4-5,10,13,20H,3,6-9H2,1-2H3,(H2,15,17). The van der Waals surface area contributed by atoms with Crippen molar-refractivity contribution in [3.05, 3.63) is 24.0 Å². The molecule has 1 saturated heterocycles. The summed E-state index contributed by atoms with van der Waals surface area (Å²) in [6.07, 6.45) is 2.70. The van der Waals surface area contributed by atoms with Crippen molar-refractivity contribution in [2.24, 2.45) is 10.9 Å². The number of hydrogen-bond acceptors (Lipinski definition) is 5. The van der Waals surface area contributed by atoms with Crippen molar-refractivity contribution < 1.29 is 5.21 Å². The predicted molar refractivity (Wildman–Crippen MR) is 80.2 cm³/mol. The molecule has 6 nitrogen and oxygen atoms in total. The second kappa shape index (κ2) is 6.56. The Kier molecular flexibility index (Phi) is 4.79. The lowest BCUT2D eigenvalue weighted by Crippen LogP contribution is -2.54. The molecule has 0 aromatic carbocycles. The number of rotatable bonds is 4. The summed E-state index contributed by atoms with van der Waals surface area (Å²) in [4.78, 5) is 8.86. The zero-order valence-corrected chi connectivity index (χ0v) is 12.2. The van der Waals surface area contributed by atoms with E-state index >= 15 is 0 Å². The summed E-state index contributed by atoms with van der Waals surface area (Å²) in [5, 5.41) is 12.0. The second-order valence-electron chi connectivity index (χ2n) is 5.13. The van der Waals surface area contributed by atoms with Crippen LogP contribution in [-0.2, 0) is 0 Å². The van der Waals surface area contributed by atoms with Gasteiger partial charge in [-0.2, -0.15) is 0 Å². The van der Waals surface area contributed by atoms with Crippen LogP contribution in [0.5, 0.6) is 0 Å². The zero-order chi connectivity index (χ0) is 14.5. The highest BCUT2D eigenvalue weighted by molar-refractivity contribution is 5.85. The van der Waals surface area contributed by atoms with Crippen molar-refractivity contribution in [1.82, 2.24) is 9.88 Å². The minimum Gasteiger partial charge on any atom is -0.409 e. The van der Waals surface area contributed by atoms with Gasteiger partial charge in [-0.05, 0) is 25.5 Å². The molecule has 3 N–H and O–H groups in total. The maximum absolute atomic E-state index is 8.85. The summed E-state index contributed by atoms with van der Waals surface area (Å²) >= 11 is 0. The molecule has 1 aromatic heterocycles. The van der Waals surface area contributed by atoms with Gasteiger partial charge in [-0.1, -0.05) is 12.1 Å². The van der Waals surface area contributed by atoms with E-state index in [2.05, 4.69) is 32.9 Å². The van der Waals surface area contributed by atoms with Crippen molar-refractivity contribution in [2.75, 3.05) is 31.1 Å². The van der Waals surface area contributed by atoms with E-state index in [0.717, 1.165) is 38.3 Å². The molecule has 1 aliphatic heterocycles. The van der Waals surface area contributed by atoms with E-state index in [-0.39, 0.29) is 6.04 Å². The first-order chi connectivity index (χ1) is 9.65. The number of aromatic nitrogens is 1. The first-order valence-electron chi connectivity index (χ1n) is 7.04. The summed E-state index contributed by atoms with van der Waals surface area (Å²) in [7, 11) is 0. The third-order valence-electron chi connectivity index (χ3n) is 3.84. The lowest BCUT2D eigenvalue weighted by atomic mass is 10.1. The molecule has 110 valence electrons. The molecular formula is C14H23N5O. The van der Waals surface area contributed by atoms with Gasteiger partial charge < -0.3 is 15.8 Å². The highest BCUT2D eigenvalue weighted by atomic mass is 16.4. The quantitative estimate of drug-likeness (QED) is 0.372. The summed E-state index contributed by atoms with van der Waals surface area (Å²) in [6, 6.07) is 4.18. The molecule has 1 aromatic rings. The van der Waals surface area contributed by atoms with Gasteiger partial charge in [-0.3, -0.25) is 9.88 Å². The molecule has 6 heteroatoms. The number of nitrogens with two attached hydrogens (primary N) is 1. The first kappa shape index (κ1) is 14.6. The SMILES string of the molecule is CCC(/C(N)=N/O)N1CCN(c2ccnc(C)c2)CC1. The summed E-state index contributed by atoms with van der Waals surface area (Å²) in [5.74, 6) is 0.306. The zero-order valence-electron chi connectivity index (χ0n) is 12.2. The molecule has 0 amide bonds. The van der Waals surface area contributed by atoms with Crippen molar-refractivity contribution in [1.29, 1.82) is 0 Å². The average molecular weight is 277 g/mol. The van der Waals surface area contributed by atoms with Crippen molar-refractivity contribution >= 4 is 11.5 Å². The molecule has 1 aliphatic rings. The van der Waals surface area contributed by atoms with E-state index in [1.165, 1.54) is 5.69 Å². The molecule has 1 unspecified atom stereocenters. The molecule has 0 spiro atoms. The predicted octanol–water partition coefficient (Wildman–Crippen LogP) is 1.04. The Morgan fingerprint density at radius 3 is 2.70 bits per heavy atom. The number of nitrogens with zero attached hydrogens (tertiary/aromatic N) is 4. The fourth-order valence-electron chi connectivity index (χ4n) is 2.74. The van der Waals surface area contributed by atoms with E-state index in [1.54, 1.807) is 0 Å². The monoisotopic (exact) mass is 277 g/mol. The van der Waals surface area contributed by atoms with E-state index in [9.17, 15) is 0 Å². The Bertz CT molecular complexity index is 468. The van der Waals surface area contributed by atoms with Crippen LogP contribution in [0, 0.1) is 6.92 Å². The van der Waals surface area contributed by atoms with Crippen LogP contribution in [0.15, 0.2) is 23.5 Å². The van der Waals surface area contributed by atoms with Gasteiger partial charge in [-0.15, -0.1) is 0 Å². The number of piperazine rings is 1. The van der Waals surface area contributed by atoms with Crippen molar-refractivity contribution in [3.8, 4) is 0 Å². The highest BCUT2D eigenvalue weighted by Crippen LogP contribution is 2.18. The van der Waals surface area contributed by atoms with Crippen LogP contribution >= 0.6 is 0 Å². The first-order valence-corrected chi connectivity index (χ1v) is 7.04. The molecule has 2 heterocycles. The molecule has 20 heavy (non-hydrogen) atoms. The molecule has 2 rings (SSSR count). The fraction of sp³-hybridized carbons (Fsp3) is 0.571. The summed E-state index contributed by atoms with van der Waals surface area (Å²) in [6.45, 7) is 7.77. The number of aryl methyl sites for hydroxylation is 1. The number of anilines is 1. The largest absolute Gasteiger partial charge is 0.409 e. The minimum atomic E-state index is 0.0290. The molecular weight excluding hydrogens is 254 g/mol. The average Bonchev–Trinajstić information content (AvgIpc) is 2.48. The van der Waals surface area contributed by atoms with Crippen LogP contribution in [0.2, 0.25) is 0 Å². The van der Waals surface area contributed by atoms with Crippen LogP contribution in [-0.4, -0.2) is 53.1 Å². The van der Waals surface area contributed by atoms with Crippen LogP contribution in [0.25, 0.3) is 0 Å². The van der Waals surface area contributed by atoms with Gasteiger partial charge in [0.25, 0.3) is 0 Å². The third-order valence-corrected chi connectivity index (χ3v) is 3.84. The molecule has 0 saturated carbocycles. The normalized spacial score (nSPS) is 19.1. The molecule has 1 fully saturated rings. The van der Waals surface area contributed by atoms with Crippen LogP contribution < -0.4 is 10.6 Å². The topological polar surface area (TPSA) is 78.0 Å². The third kappa shape index (κ3) is 3.19. The Hall–Kier alpha value is -1.82. The van der Waals surface area contributed by atoms with Gasteiger partial charge in [0.1, 0.15) is 0 Å². The minimum absolute atomic E-state index is 0.0290. The Balaban J connectivity index is 1.98. The highest BCUT2D eigenvalue weighted by Gasteiger charge is 2.25. The second-order valence-corrected chi connectivity index (χ2v) is 5.13. The maximum atomic E-state index is 8.85. The van der Waals surface area contributed by atoms with Gasteiger partial charge in [0.2, 0.25) is 0 Å². The fourth-order valence-corrected chi connectivity index (χ4v) is 2.74. The van der Waals surface area contributed by atoms with Gasteiger partial charge in [0.15, 0.2) is 5.84 Å². The Labute approximate surface area is 119 Å². The lowest BCUT2D eigenvalue weighted by molar-refractivity contribution is 0.216. The Morgan fingerprint density at radius 2 is 2.15 bits per heavy atom. The van der Waals surface area contributed by atoms with Gasteiger partial charge in [0, 0.05) is 43.8 Å². The van der Waals surface area contributed by atoms with E-state index in [4.69, 9.17) is 10.9 Å². The van der Waals surface area contributed by atoms with Gasteiger partial charge in [0.05, 0.1) is 6.04 Å². The molecule has 1 atom stereocenters. The molecule has 0 bridgehead atoms. The van der Waals surface area contributed by atoms with Crippen LogP contribution in [0.4, 0.5) is 5.69 Å². The van der Waals surface area contributed by atoms with Crippen molar-refractivity contribution in [2.45, 2.75) is 26.3 Å². The summed E-state index contributed by atoms with van der Waals surface area (Å²) < 4.78 is 0. The Morgan fingerprint density at radius 1 is 1.45 bits per heavy atom. The number of oxime groups is 1. The smallest absolute Gasteiger partial charge is 0.156 e. The number of amidine groups is 1.